The molecule has 0 radical (unpaired) electrons. The molecule has 2 rings (SSSR count). The van der Waals surface area contributed by atoms with Crippen molar-refractivity contribution in [2.45, 2.75) is 38.5 Å². The first-order chi connectivity index (χ1) is 9.20. The predicted octanol–water partition coefficient (Wildman–Crippen LogP) is 3.06. The maximum absolute atomic E-state index is 12.2. The molecule has 1 fully saturated rings. The van der Waals surface area contributed by atoms with E-state index < -0.39 is 0 Å². The largest absolute Gasteiger partial charge is 0.373 e. The Morgan fingerprint density at radius 2 is 2.11 bits per heavy atom. The fourth-order valence-electron chi connectivity index (χ4n) is 2.65. The van der Waals surface area contributed by atoms with Gasteiger partial charge in [0.1, 0.15) is 5.82 Å². The molecule has 0 spiro atoms. The molecule has 0 aliphatic heterocycles. The lowest BCUT2D eigenvalue weighted by Gasteiger charge is -2.24. The molecule has 1 aromatic heterocycles. The maximum Gasteiger partial charge on any atom is 0.227 e. The van der Waals surface area contributed by atoms with Crippen molar-refractivity contribution in [3.05, 3.63) is 18.3 Å². The van der Waals surface area contributed by atoms with Crippen LogP contribution in [0.15, 0.2) is 18.3 Å². The number of rotatable bonds is 4. The molecule has 4 nitrogen and oxygen atoms in total. The van der Waals surface area contributed by atoms with E-state index in [-0.39, 0.29) is 5.91 Å². The first-order valence-corrected chi connectivity index (χ1v) is 7.11. The lowest BCUT2D eigenvalue weighted by atomic mass is 9.86. The molecule has 1 saturated carbocycles. The van der Waals surface area contributed by atoms with E-state index in [1.807, 2.05) is 26.2 Å². The molecule has 1 heterocycles. The van der Waals surface area contributed by atoms with Gasteiger partial charge in [-0.15, -0.1) is 0 Å². The summed E-state index contributed by atoms with van der Waals surface area (Å²) in [4.78, 5) is 18.2. The van der Waals surface area contributed by atoms with Crippen molar-refractivity contribution < 1.29 is 4.79 Å². The van der Waals surface area contributed by atoms with Gasteiger partial charge >= 0.3 is 0 Å². The van der Waals surface area contributed by atoms with E-state index in [1.165, 1.54) is 32.1 Å². The van der Waals surface area contributed by atoms with Gasteiger partial charge in [-0.2, -0.15) is 0 Å². The van der Waals surface area contributed by atoms with E-state index in [0.717, 1.165) is 11.5 Å². The topological polar surface area (TPSA) is 45.2 Å². The molecule has 1 aromatic rings. The number of anilines is 2. The molecule has 0 bridgehead atoms. The summed E-state index contributed by atoms with van der Waals surface area (Å²) in [6, 6.07) is 3.82. The van der Waals surface area contributed by atoms with Crippen LogP contribution in [0.25, 0.3) is 0 Å². The van der Waals surface area contributed by atoms with E-state index in [0.29, 0.717) is 12.3 Å². The van der Waals surface area contributed by atoms with Gasteiger partial charge in [0.05, 0.1) is 11.9 Å². The summed E-state index contributed by atoms with van der Waals surface area (Å²) in [6.45, 7) is 0. The number of nitrogens with one attached hydrogen (secondary N) is 1. The average molecular weight is 261 g/mol. The number of amides is 1. The van der Waals surface area contributed by atoms with Crippen molar-refractivity contribution in [2.24, 2.45) is 5.92 Å². The summed E-state index contributed by atoms with van der Waals surface area (Å²) in [5.74, 6) is 1.59. The van der Waals surface area contributed by atoms with Crippen molar-refractivity contribution in [3.8, 4) is 0 Å². The second kappa shape index (κ2) is 6.55. The number of hydrogen-bond acceptors (Lipinski definition) is 3. The molecule has 1 aliphatic rings. The molecular formula is C15H23N3O. The highest BCUT2D eigenvalue weighted by Gasteiger charge is 2.20. The third-order valence-electron chi connectivity index (χ3n) is 3.95. The van der Waals surface area contributed by atoms with Crippen LogP contribution < -0.4 is 10.2 Å². The van der Waals surface area contributed by atoms with E-state index in [9.17, 15) is 4.79 Å². The maximum atomic E-state index is 12.2. The van der Waals surface area contributed by atoms with Crippen molar-refractivity contribution >= 4 is 17.4 Å². The Balaban J connectivity index is 1.93. The number of carbonyl (C=O) groups is 1. The van der Waals surface area contributed by atoms with Gasteiger partial charge in [-0.05, 0) is 30.9 Å². The fourth-order valence-corrected chi connectivity index (χ4v) is 2.65. The third kappa shape index (κ3) is 3.69. The van der Waals surface area contributed by atoms with Gasteiger partial charge < -0.3 is 10.2 Å². The Morgan fingerprint density at radius 1 is 1.37 bits per heavy atom. The van der Waals surface area contributed by atoms with Crippen molar-refractivity contribution in [1.29, 1.82) is 0 Å². The molecule has 0 atom stereocenters. The Kier molecular flexibility index (Phi) is 4.77. The van der Waals surface area contributed by atoms with E-state index >= 15 is 0 Å². The van der Waals surface area contributed by atoms with Crippen LogP contribution in [0.1, 0.15) is 38.5 Å². The second-order valence-corrected chi connectivity index (χ2v) is 5.31. The number of carbonyl (C=O) groups excluding carboxylic acids is 1. The Hall–Kier alpha value is -1.58. The summed E-state index contributed by atoms with van der Waals surface area (Å²) in [5, 5.41) is 2.97. The van der Waals surface area contributed by atoms with E-state index in [2.05, 4.69) is 10.3 Å². The normalized spacial score (nSPS) is 16.1. The molecule has 0 saturated heterocycles. The molecule has 4 heteroatoms. The molecule has 0 aromatic carbocycles. The molecule has 0 unspecified atom stereocenters. The highest BCUT2D eigenvalue weighted by molar-refractivity contribution is 5.92. The van der Waals surface area contributed by atoms with Crippen LogP contribution in [0.3, 0.4) is 0 Å². The zero-order chi connectivity index (χ0) is 13.7. The molecule has 104 valence electrons. The first kappa shape index (κ1) is 13.8. The summed E-state index contributed by atoms with van der Waals surface area (Å²) in [6.07, 6.45) is 8.71. The van der Waals surface area contributed by atoms with Crippen LogP contribution in [0.4, 0.5) is 11.5 Å². The molecule has 1 aliphatic carbocycles. The molecule has 1 N–H and O–H groups in total. The minimum Gasteiger partial charge on any atom is -0.373 e. The van der Waals surface area contributed by atoms with Crippen molar-refractivity contribution in [3.63, 3.8) is 0 Å². The average Bonchev–Trinajstić information content (AvgIpc) is 2.47. The van der Waals surface area contributed by atoms with Gasteiger partial charge in [-0.1, -0.05) is 19.3 Å². The summed E-state index contributed by atoms with van der Waals surface area (Å²) < 4.78 is 0. The van der Waals surface area contributed by atoms with Crippen LogP contribution in [0, 0.1) is 5.92 Å². The minimum atomic E-state index is 0.200. The summed E-state index contributed by atoms with van der Waals surface area (Å²) in [5.41, 5.74) is 0.861. The fraction of sp³-hybridized carbons (Fsp3) is 0.600. The van der Waals surface area contributed by atoms with Crippen LogP contribution in [0.5, 0.6) is 0 Å². The van der Waals surface area contributed by atoms with Crippen LogP contribution in [0.2, 0.25) is 0 Å². The summed E-state index contributed by atoms with van der Waals surface area (Å²) in [7, 11) is 3.67. The van der Waals surface area contributed by atoms with Gasteiger partial charge in [-0.25, -0.2) is 4.98 Å². The van der Waals surface area contributed by atoms with Crippen LogP contribution in [-0.4, -0.2) is 25.0 Å². The number of pyridine rings is 1. The molecular weight excluding hydrogens is 238 g/mol. The van der Waals surface area contributed by atoms with E-state index in [4.69, 9.17) is 0 Å². The van der Waals surface area contributed by atoms with Gasteiger partial charge in [-0.3, -0.25) is 4.79 Å². The number of hydrogen-bond donors (Lipinski definition) is 1. The Labute approximate surface area is 115 Å². The quantitative estimate of drug-likeness (QED) is 0.906. The van der Waals surface area contributed by atoms with Gasteiger partial charge in [0.25, 0.3) is 0 Å². The van der Waals surface area contributed by atoms with E-state index in [1.54, 1.807) is 11.1 Å². The monoisotopic (exact) mass is 261 g/mol. The van der Waals surface area contributed by atoms with Gasteiger partial charge in [0, 0.05) is 20.5 Å². The Bertz CT molecular complexity index is 410. The first-order valence-electron chi connectivity index (χ1n) is 7.11. The predicted molar refractivity (Wildman–Crippen MR) is 78.4 cm³/mol. The number of aromatic nitrogens is 1. The highest BCUT2D eigenvalue weighted by Crippen LogP contribution is 2.27. The van der Waals surface area contributed by atoms with Gasteiger partial charge in [0.2, 0.25) is 5.91 Å². The SMILES string of the molecule is CNc1ccc(N(C)C(=O)CC2CCCCC2)cn1. The number of nitrogens with zero attached hydrogens (tertiary/aromatic N) is 2. The van der Waals surface area contributed by atoms with Crippen molar-refractivity contribution in [1.82, 2.24) is 4.98 Å². The lowest BCUT2D eigenvalue weighted by Crippen LogP contribution is -2.28. The van der Waals surface area contributed by atoms with Crippen LogP contribution >= 0.6 is 0 Å². The van der Waals surface area contributed by atoms with Crippen molar-refractivity contribution in [2.75, 3.05) is 24.3 Å². The minimum absolute atomic E-state index is 0.200. The lowest BCUT2D eigenvalue weighted by molar-refractivity contribution is -0.119. The zero-order valence-electron chi connectivity index (χ0n) is 11.9. The smallest absolute Gasteiger partial charge is 0.227 e. The molecule has 1 amide bonds. The standard InChI is InChI=1S/C15H23N3O/c1-16-14-9-8-13(11-17-14)18(2)15(19)10-12-6-4-3-5-7-12/h8-9,11-12H,3-7,10H2,1-2H3,(H,16,17). The summed E-state index contributed by atoms with van der Waals surface area (Å²) >= 11 is 0. The highest BCUT2D eigenvalue weighted by atomic mass is 16.2. The van der Waals surface area contributed by atoms with Gasteiger partial charge in [0.15, 0.2) is 0 Å². The zero-order valence-corrected chi connectivity index (χ0v) is 11.9. The van der Waals surface area contributed by atoms with Crippen LogP contribution in [-0.2, 0) is 4.79 Å². The second-order valence-electron chi connectivity index (χ2n) is 5.31. The Morgan fingerprint density at radius 3 is 2.68 bits per heavy atom. The third-order valence-corrected chi connectivity index (χ3v) is 3.95. The molecule has 19 heavy (non-hydrogen) atoms.